The molecule has 1 aliphatic heterocycles. The average Bonchev–Trinajstić information content (AvgIpc) is 2.94. The van der Waals surface area contributed by atoms with Gasteiger partial charge in [-0.05, 0) is 25.7 Å². The van der Waals surface area contributed by atoms with Gasteiger partial charge in [-0.3, -0.25) is 9.48 Å². The van der Waals surface area contributed by atoms with Gasteiger partial charge in [-0.2, -0.15) is 5.10 Å². The van der Waals surface area contributed by atoms with Gasteiger partial charge in [0.15, 0.2) is 0 Å². The zero-order chi connectivity index (χ0) is 13.3. The molecule has 2 heterocycles. The number of nitrogen functional groups attached to an aromatic ring is 1. The van der Waals surface area contributed by atoms with Gasteiger partial charge in [0, 0.05) is 19.1 Å². The van der Waals surface area contributed by atoms with Gasteiger partial charge >= 0.3 is 0 Å². The number of likely N-dealkylation sites (tertiary alicyclic amines) is 1. The normalized spacial score (nSPS) is 19.8. The Kier molecular flexibility index (Phi) is 3.59. The molecule has 2 N–H and O–H groups in total. The van der Waals surface area contributed by atoms with Crippen molar-refractivity contribution in [3.05, 3.63) is 11.9 Å². The molecule has 1 aromatic rings. The van der Waals surface area contributed by atoms with Crippen molar-refractivity contribution >= 4 is 11.6 Å². The number of nitrogens with two attached hydrogens (primary N) is 1. The Hall–Kier alpha value is -1.52. The van der Waals surface area contributed by atoms with E-state index in [0.717, 1.165) is 19.4 Å². The van der Waals surface area contributed by atoms with Crippen molar-refractivity contribution in [2.75, 3.05) is 12.3 Å². The van der Waals surface area contributed by atoms with Gasteiger partial charge in [-0.15, -0.1) is 0 Å². The Balaban J connectivity index is 2.28. The molecule has 2 rings (SSSR count). The summed E-state index contributed by atoms with van der Waals surface area (Å²) in [6, 6.07) is 0.331. The third-order valence-electron chi connectivity index (χ3n) is 3.70. The highest BCUT2D eigenvalue weighted by atomic mass is 16.2. The molecule has 1 aliphatic rings. The molecule has 5 nitrogen and oxygen atoms in total. The topological polar surface area (TPSA) is 64.2 Å². The maximum absolute atomic E-state index is 12.6. The zero-order valence-electron chi connectivity index (χ0n) is 11.4. The lowest BCUT2D eigenvalue weighted by Gasteiger charge is -2.28. The minimum atomic E-state index is 0.0306. The van der Waals surface area contributed by atoms with Crippen LogP contribution < -0.4 is 5.73 Å². The van der Waals surface area contributed by atoms with Crippen LogP contribution >= 0.6 is 0 Å². The minimum Gasteiger partial charge on any atom is -0.396 e. The molecule has 0 aromatic carbocycles. The molecule has 0 bridgehead atoms. The molecule has 18 heavy (non-hydrogen) atoms. The Morgan fingerprint density at radius 1 is 1.61 bits per heavy atom. The molecule has 1 aromatic heterocycles. The van der Waals surface area contributed by atoms with E-state index < -0.39 is 0 Å². The third kappa shape index (κ3) is 2.09. The average molecular weight is 250 g/mol. The number of rotatable bonds is 3. The molecule has 0 radical (unpaired) electrons. The van der Waals surface area contributed by atoms with Gasteiger partial charge in [0.2, 0.25) is 0 Å². The van der Waals surface area contributed by atoms with Crippen molar-refractivity contribution in [2.45, 2.75) is 46.2 Å². The van der Waals surface area contributed by atoms with E-state index in [9.17, 15) is 4.79 Å². The van der Waals surface area contributed by atoms with Gasteiger partial charge in [-0.1, -0.05) is 13.8 Å². The van der Waals surface area contributed by atoms with Crippen LogP contribution in [0, 0.1) is 5.92 Å². The summed E-state index contributed by atoms with van der Waals surface area (Å²) in [5.74, 6) is 0.513. The van der Waals surface area contributed by atoms with Gasteiger partial charge in [0.05, 0.1) is 11.9 Å². The molecule has 1 saturated heterocycles. The summed E-state index contributed by atoms with van der Waals surface area (Å²) in [5.41, 5.74) is 6.91. The first kappa shape index (κ1) is 12.9. The molecular formula is C13H22N4O. The Bertz CT molecular complexity index is 438. The smallest absolute Gasteiger partial charge is 0.274 e. The number of carbonyl (C=O) groups excluding carboxylic acids is 1. The number of carbonyl (C=O) groups is 1. The second-order valence-corrected chi connectivity index (χ2v) is 5.22. The second-order valence-electron chi connectivity index (χ2n) is 5.22. The molecule has 1 atom stereocenters. The second kappa shape index (κ2) is 5.00. The summed E-state index contributed by atoms with van der Waals surface area (Å²) >= 11 is 0. The molecule has 0 aliphatic carbocycles. The Morgan fingerprint density at radius 2 is 2.33 bits per heavy atom. The van der Waals surface area contributed by atoms with Crippen LogP contribution in [0.4, 0.5) is 5.69 Å². The van der Waals surface area contributed by atoms with Crippen molar-refractivity contribution < 1.29 is 4.79 Å². The summed E-state index contributed by atoms with van der Waals surface area (Å²) in [7, 11) is 0. The predicted molar refractivity (Wildman–Crippen MR) is 71.2 cm³/mol. The number of aryl methyl sites for hydroxylation is 1. The van der Waals surface area contributed by atoms with Crippen LogP contribution in [0.1, 0.15) is 44.1 Å². The van der Waals surface area contributed by atoms with Gasteiger partial charge in [0.1, 0.15) is 5.69 Å². The summed E-state index contributed by atoms with van der Waals surface area (Å²) in [6.07, 6.45) is 3.73. The molecule has 5 heteroatoms. The van der Waals surface area contributed by atoms with Crippen molar-refractivity contribution in [3.8, 4) is 0 Å². The fraction of sp³-hybridized carbons (Fsp3) is 0.692. The van der Waals surface area contributed by atoms with Crippen LogP contribution in [0.2, 0.25) is 0 Å². The van der Waals surface area contributed by atoms with E-state index in [1.165, 1.54) is 0 Å². The highest BCUT2D eigenvalue weighted by Crippen LogP contribution is 2.26. The van der Waals surface area contributed by atoms with E-state index in [2.05, 4.69) is 18.9 Å². The molecule has 0 saturated carbocycles. The monoisotopic (exact) mass is 250 g/mol. The number of hydrogen-bond acceptors (Lipinski definition) is 3. The van der Waals surface area contributed by atoms with Crippen molar-refractivity contribution in [1.29, 1.82) is 0 Å². The first-order valence-corrected chi connectivity index (χ1v) is 6.68. The lowest BCUT2D eigenvalue weighted by Crippen LogP contribution is -2.39. The molecule has 1 unspecified atom stereocenters. The van der Waals surface area contributed by atoms with E-state index in [1.54, 1.807) is 10.9 Å². The predicted octanol–water partition coefficient (Wildman–Crippen LogP) is 1.75. The van der Waals surface area contributed by atoms with E-state index in [4.69, 9.17) is 5.73 Å². The Morgan fingerprint density at radius 3 is 2.94 bits per heavy atom. The maximum Gasteiger partial charge on any atom is 0.274 e. The molecule has 1 amide bonds. The summed E-state index contributed by atoms with van der Waals surface area (Å²) in [4.78, 5) is 14.6. The summed E-state index contributed by atoms with van der Waals surface area (Å²) in [5, 5.41) is 4.14. The number of anilines is 1. The fourth-order valence-electron chi connectivity index (χ4n) is 2.75. The zero-order valence-corrected chi connectivity index (χ0v) is 11.4. The van der Waals surface area contributed by atoms with E-state index in [-0.39, 0.29) is 5.91 Å². The lowest BCUT2D eigenvalue weighted by molar-refractivity contribution is 0.0690. The van der Waals surface area contributed by atoms with Crippen LogP contribution in [0.15, 0.2) is 6.20 Å². The van der Waals surface area contributed by atoms with Crippen LogP contribution in [0.3, 0.4) is 0 Å². The highest BCUT2D eigenvalue weighted by Gasteiger charge is 2.33. The van der Waals surface area contributed by atoms with Gasteiger partial charge < -0.3 is 10.6 Å². The molecule has 0 spiro atoms. The minimum absolute atomic E-state index is 0.0306. The molecular weight excluding hydrogens is 228 g/mol. The van der Waals surface area contributed by atoms with Gasteiger partial charge in [0.25, 0.3) is 5.91 Å². The standard InChI is InChI=1S/C13H22N4O/c1-4-17-12(10(14)8-15-17)13(18)16-7-5-6-11(16)9(2)3/h8-9,11H,4-7,14H2,1-3H3. The van der Waals surface area contributed by atoms with Gasteiger partial charge in [-0.25, -0.2) is 0 Å². The fourth-order valence-corrected chi connectivity index (χ4v) is 2.75. The van der Waals surface area contributed by atoms with Crippen LogP contribution in [-0.4, -0.2) is 33.2 Å². The number of amides is 1. The van der Waals surface area contributed by atoms with E-state index >= 15 is 0 Å². The third-order valence-corrected chi connectivity index (χ3v) is 3.70. The maximum atomic E-state index is 12.6. The molecule has 1 fully saturated rings. The first-order chi connectivity index (χ1) is 8.56. The Labute approximate surface area is 108 Å². The lowest BCUT2D eigenvalue weighted by atomic mass is 10.0. The first-order valence-electron chi connectivity index (χ1n) is 6.68. The summed E-state index contributed by atoms with van der Waals surface area (Å²) < 4.78 is 1.69. The largest absolute Gasteiger partial charge is 0.396 e. The van der Waals surface area contributed by atoms with Crippen molar-refractivity contribution in [3.63, 3.8) is 0 Å². The number of nitrogens with zero attached hydrogens (tertiary/aromatic N) is 3. The quantitative estimate of drug-likeness (QED) is 0.888. The van der Waals surface area contributed by atoms with Crippen molar-refractivity contribution in [1.82, 2.24) is 14.7 Å². The number of aromatic nitrogens is 2. The van der Waals surface area contributed by atoms with Crippen LogP contribution in [0.25, 0.3) is 0 Å². The van der Waals surface area contributed by atoms with Crippen LogP contribution in [0.5, 0.6) is 0 Å². The SMILES string of the molecule is CCn1ncc(N)c1C(=O)N1CCCC1C(C)C. The van der Waals surface area contributed by atoms with Crippen LogP contribution in [-0.2, 0) is 6.54 Å². The summed E-state index contributed by atoms with van der Waals surface area (Å²) in [6.45, 7) is 7.79. The number of hydrogen-bond donors (Lipinski definition) is 1. The van der Waals surface area contributed by atoms with E-state index in [1.807, 2.05) is 11.8 Å². The van der Waals surface area contributed by atoms with Crippen molar-refractivity contribution in [2.24, 2.45) is 5.92 Å². The van der Waals surface area contributed by atoms with E-state index in [0.29, 0.717) is 29.9 Å². The highest BCUT2D eigenvalue weighted by molar-refractivity contribution is 5.97. The molecule has 100 valence electrons.